The Kier molecular flexibility index (Phi) is 5.11. The fourth-order valence-corrected chi connectivity index (χ4v) is 1.70. The van der Waals surface area contributed by atoms with Gasteiger partial charge in [-0.15, -0.1) is 0 Å². The highest BCUT2D eigenvalue weighted by atomic mass is 19.1. The van der Waals surface area contributed by atoms with Gasteiger partial charge in [0.15, 0.2) is 0 Å². The molecule has 17 heavy (non-hydrogen) atoms. The molecular weight excluding hydrogens is 215 g/mol. The normalized spacial score (nSPS) is 11.2. The van der Waals surface area contributed by atoms with Gasteiger partial charge in [-0.25, -0.2) is 4.39 Å². The molecule has 0 aliphatic carbocycles. The summed E-state index contributed by atoms with van der Waals surface area (Å²) < 4.78 is 12.8. The van der Waals surface area contributed by atoms with E-state index < -0.39 is 0 Å². The Hall–Kier alpha value is -1.40. The van der Waals surface area contributed by atoms with E-state index in [9.17, 15) is 4.39 Å². The predicted molar refractivity (Wildman–Crippen MR) is 67.1 cm³/mol. The van der Waals surface area contributed by atoms with Crippen molar-refractivity contribution < 1.29 is 4.39 Å². The van der Waals surface area contributed by atoms with Crippen molar-refractivity contribution in [3.63, 3.8) is 0 Å². The molecule has 0 saturated carbocycles. The third-order valence-electron chi connectivity index (χ3n) is 2.83. The fourth-order valence-electron chi connectivity index (χ4n) is 1.70. The molecule has 1 N–H and O–H groups in total. The van der Waals surface area contributed by atoms with Crippen LogP contribution in [-0.4, -0.2) is 13.1 Å². The van der Waals surface area contributed by atoms with Gasteiger partial charge < -0.3 is 5.32 Å². The largest absolute Gasteiger partial charge is 0.316 e. The van der Waals surface area contributed by atoms with Gasteiger partial charge in [0.1, 0.15) is 5.82 Å². The van der Waals surface area contributed by atoms with Crippen molar-refractivity contribution in [1.82, 2.24) is 5.32 Å². The number of unbranched alkanes of at least 4 members (excludes halogenated alkanes) is 1. The molecule has 0 aliphatic rings. The summed E-state index contributed by atoms with van der Waals surface area (Å²) in [4.78, 5) is 0. The van der Waals surface area contributed by atoms with Crippen molar-refractivity contribution in [1.29, 1.82) is 5.26 Å². The van der Waals surface area contributed by atoms with Gasteiger partial charge in [-0.2, -0.15) is 5.26 Å². The van der Waals surface area contributed by atoms with Crippen LogP contribution in [0.5, 0.6) is 0 Å². The molecule has 0 aliphatic heterocycles. The Morgan fingerprint density at radius 1 is 1.29 bits per heavy atom. The molecule has 1 rings (SSSR count). The molecule has 3 heteroatoms. The summed E-state index contributed by atoms with van der Waals surface area (Å²) in [5.41, 5.74) is 1.09. The van der Waals surface area contributed by atoms with Gasteiger partial charge in [0.25, 0.3) is 0 Å². The van der Waals surface area contributed by atoms with Crippen molar-refractivity contribution >= 4 is 0 Å². The van der Waals surface area contributed by atoms with Crippen LogP contribution in [0.25, 0.3) is 0 Å². The van der Waals surface area contributed by atoms with Crippen LogP contribution in [0.3, 0.4) is 0 Å². The minimum Gasteiger partial charge on any atom is -0.316 e. The van der Waals surface area contributed by atoms with E-state index in [-0.39, 0.29) is 11.2 Å². The van der Waals surface area contributed by atoms with E-state index in [0.29, 0.717) is 6.42 Å². The Labute approximate surface area is 102 Å². The molecule has 0 fully saturated rings. The number of hydrogen-bond donors (Lipinski definition) is 1. The van der Waals surface area contributed by atoms with Crippen molar-refractivity contribution in [2.24, 2.45) is 0 Å². The minimum absolute atomic E-state index is 0.0274. The van der Waals surface area contributed by atoms with E-state index in [1.165, 1.54) is 12.1 Å². The standard InChI is InChI=1S/C14H19FN2/c1-14(2,11-17-10-4-3-9-16)12-5-7-13(15)8-6-12/h5-8,17H,3-4,10-11H2,1-2H3. The Bertz CT molecular complexity index is 376. The molecule has 1 aromatic rings. The first kappa shape index (κ1) is 13.7. The molecular formula is C14H19FN2. The van der Waals surface area contributed by atoms with Crippen LogP contribution in [-0.2, 0) is 5.41 Å². The maximum absolute atomic E-state index is 12.8. The highest BCUT2D eigenvalue weighted by Gasteiger charge is 2.19. The second-order valence-corrected chi connectivity index (χ2v) is 4.83. The number of nitrogens with one attached hydrogen (secondary N) is 1. The van der Waals surface area contributed by atoms with Gasteiger partial charge in [0.05, 0.1) is 6.07 Å². The van der Waals surface area contributed by atoms with E-state index in [1.807, 2.05) is 12.1 Å². The lowest BCUT2D eigenvalue weighted by molar-refractivity contribution is 0.466. The third-order valence-corrected chi connectivity index (χ3v) is 2.83. The zero-order valence-corrected chi connectivity index (χ0v) is 10.5. The highest BCUT2D eigenvalue weighted by Crippen LogP contribution is 2.22. The molecule has 92 valence electrons. The molecule has 0 unspecified atom stereocenters. The predicted octanol–water partition coefficient (Wildman–Crippen LogP) is 3.00. The molecule has 0 radical (unpaired) electrons. The number of benzene rings is 1. The van der Waals surface area contributed by atoms with Crippen LogP contribution in [0.1, 0.15) is 32.3 Å². The molecule has 0 aromatic heterocycles. The van der Waals surface area contributed by atoms with Crippen molar-refractivity contribution in [2.75, 3.05) is 13.1 Å². The van der Waals surface area contributed by atoms with Crippen LogP contribution in [0.15, 0.2) is 24.3 Å². The number of nitrogens with zero attached hydrogens (tertiary/aromatic N) is 1. The van der Waals surface area contributed by atoms with E-state index in [4.69, 9.17) is 5.26 Å². The molecule has 0 heterocycles. The number of halogens is 1. The Morgan fingerprint density at radius 3 is 2.53 bits per heavy atom. The van der Waals surface area contributed by atoms with Gasteiger partial charge in [-0.1, -0.05) is 26.0 Å². The highest BCUT2D eigenvalue weighted by molar-refractivity contribution is 5.24. The summed E-state index contributed by atoms with van der Waals surface area (Å²) in [5.74, 6) is -0.202. The molecule has 0 spiro atoms. The summed E-state index contributed by atoms with van der Waals surface area (Å²) >= 11 is 0. The fraction of sp³-hybridized carbons (Fsp3) is 0.500. The van der Waals surface area contributed by atoms with E-state index in [2.05, 4.69) is 25.2 Å². The van der Waals surface area contributed by atoms with Gasteiger partial charge in [-0.3, -0.25) is 0 Å². The average Bonchev–Trinajstić information content (AvgIpc) is 2.29. The lowest BCUT2D eigenvalue weighted by atomic mass is 9.84. The first-order valence-electron chi connectivity index (χ1n) is 5.90. The van der Waals surface area contributed by atoms with Gasteiger partial charge >= 0.3 is 0 Å². The Balaban J connectivity index is 2.45. The first-order valence-corrected chi connectivity index (χ1v) is 5.90. The third kappa shape index (κ3) is 4.54. The molecule has 0 bridgehead atoms. The van der Waals surface area contributed by atoms with Gasteiger partial charge in [-0.05, 0) is 30.7 Å². The lowest BCUT2D eigenvalue weighted by Crippen LogP contribution is -2.33. The van der Waals surface area contributed by atoms with Crippen LogP contribution in [0.2, 0.25) is 0 Å². The SMILES string of the molecule is CC(C)(CNCCCC#N)c1ccc(F)cc1. The summed E-state index contributed by atoms with van der Waals surface area (Å²) in [6.45, 7) is 5.91. The van der Waals surface area contributed by atoms with Gasteiger partial charge in [0.2, 0.25) is 0 Å². The minimum atomic E-state index is -0.202. The zero-order valence-electron chi connectivity index (χ0n) is 10.5. The second-order valence-electron chi connectivity index (χ2n) is 4.83. The monoisotopic (exact) mass is 234 g/mol. The van der Waals surface area contributed by atoms with Crippen molar-refractivity contribution in [3.8, 4) is 6.07 Å². The summed E-state index contributed by atoms with van der Waals surface area (Å²) in [7, 11) is 0. The van der Waals surface area contributed by atoms with Gasteiger partial charge in [0, 0.05) is 18.4 Å². The molecule has 0 amide bonds. The van der Waals surface area contributed by atoms with Crippen LogP contribution in [0, 0.1) is 17.1 Å². The van der Waals surface area contributed by atoms with Crippen LogP contribution < -0.4 is 5.32 Å². The van der Waals surface area contributed by atoms with Crippen LogP contribution in [0.4, 0.5) is 4.39 Å². The second kappa shape index (κ2) is 6.36. The topological polar surface area (TPSA) is 35.8 Å². The molecule has 1 aromatic carbocycles. The number of rotatable bonds is 6. The quantitative estimate of drug-likeness (QED) is 0.768. The molecule has 0 saturated heterocycles. The Morgan fingerprint density at radius 2 is 1.94 bits per heavy atom. The van der Waals surface area contributed by atoms with E-state index in [1.54, 1.807) is 0 Å². The number of nitriles is 1. The summed E-state index contributed by atoms with van der Waals surface area (Å²) in [6.07, 6.45) is 1.46. The zero-order chi connectivity index (χ0) is 12.7. The lowest BCUT2D eigenvalue weighted by Gasteiger charge is -2.25. The van der Waals surface area contributed by atoms with Crippen molar-refractivity contribution in [3.05, 3.63) is 35.6 Å². The summed E-state index contributed by atoms with van der Waals surface area (Å²) in [5, 5.41) is 11.7. The summed E-state index contributed by atoms with van der Waals surface area (Å²) in [6, 6.07) is 8.76. The first-order chi connectivity index (χ1) is 8.06. The number of hydrogen-bond acceptors (Lipinski definition) is 2. The maximum Gasteiger partial charge on any atom is 0.123 e. The van der Waals surface area contributed by atoms with E-state index >= 15 is 0 Å². The smallest absolute Gasteiger partial charge is 0.123 e. The van der Waals surface area contributed by atoms with E-state index in [0.717, 1.165) is 25.1 Å². The van der Waals surface area contributed by atoms with Crippen LogP contribution >= 0.6 is 0 Å². The molecule has 2 nitrogen and oxygen atoms in total. The van der Waals surface area contributed by atoms with Crippen molar-refractivity contribution in [2.45, 2.75) is 32.1 Å². The maximum atomic E-state index is 12.8. The molecule has 0 atom stereocenters. The average molecular weight is 234 g/mol.